The Kier molecular flexibility index (Phi) is 7.48. The predicted octanol–water partition coefficient (Wildman–Crippen LogP) is 4.59. The first kappa shape index (κ1) is 24.0. The molecule has 31 heavy (non-hydrogen) atoms. The molecule has 3 aromatic rings. The Labute approximate surface area is 177 Å². The van der Waals surface area contributed by atoms with E-state index in [9.17, 15) is 18.0 Å². The molecule has 0 saturated heterocycles. The largest absolute Gasteiger partial charge is 0.573 e. The van der Waals surface area contributed by atoms with E-state index in [4.69, 9.17) is 9.47 Å². The second-order valence-corrected chi connectivity index (χ2v) is 6.26. The quantitative estimate of drug-likeness (QED) is 0.541. The summed E-state index contributed by atoms with van der Waals surface area (Å²) in [5.41, 5.74) is 3.16. The number of ether oxygens (including phenoxy) is 3. The smallest absolute Gasteiger partial charge is 0.496 e. The fourth-order valence-corrected chi connectivity index (χ4v) is 3.00. The van der Waals surface area contributed by atoms with Gasteiger partial charge in [0.1, 0.15) is 17.0 Å². The highest BCUT2D eigenvalue weighted by molar-refractivity contribution is 5.85. The second kappa shape index (κ2) is 9.67. The minimum Gasteiger partial charge on any atom is -0.496 e. The van der Waals surface area contributed by atoms with Gasteiger partial charge in [0.2, 0.25) is 0 Å². The molecule has 0 aliphatic heterocycles. The second-order valence-electron chi connectivity index (χ2n) is 6.26. The van der Waals surface area contributed by atoms with E-state index >= 15 is 0 Å². The molecule has 0 radical (unpaired) electrons. The number of hydrogen-bond acceptors (Lipinski definition) is 6. The Morgan fingerprint density at radius 3 is 2.42 bits per heavy atom. The number of aryl methyl sites for hydroxylation is 2. The van der Waals surface area contributed by atoms with Crippen LogP contribution in [0.15, 0.2) is 24.4 Å². The Hall–Kier alpha value is -3.30. The van der Waals surface area contributed by atoms with Crippen LogP contribution in [0.25, 0.3) is 22.4 Å². The summed E-state index contributed by atoms with van der Waals surface area (Å²) in [6.07, 6.45) is -3.02. The maximum atomic E-state index is 12.5. The van der Waals surface area contributed by atoms with Gasteiger partial charge in [0.25, 0.3) is 0 Å². The summed E-state index contributed by atoms with van der Waals surface area (Å²) in [7, 11) is 4.41. The van der Waals surface area contributed by atoms with Crippen LogP contribution in [0, 0.1) is 6.92 Å². The number of halogens is 3. The third-order valence-electron chi connectivity index (χ3n) is 4.26. The number of benzene rings is 1. The Balaban J connectivity index is 0.00000166. The minimum atomic E-state index is -4.81. The molecule has 7 nitrogen and oxygen atoms in total. The van der Waals surface area contributed by atoms with E-state index in [1.807, 2.05) is 13.8 Å². The zero-order chi connectivity index (χ0) is 23.3. The van der Waals surface area contributed by atoms with Crippen LogP contribution in [0.4, 0.5) is 13.2 Å². The van der Waals surface area contributed by atoms with Crippen molar-refractivity contribution in [1.82, 2.24) is 14.5 Å². The topological polar surface area (TPSA) is 75.5 Å². The number of rotatable bonds is 5. The lowest BCUT2D eigenvalue weighted by Gasteiger charge is -2.14. The summed E-state index contributed by atoms with van der Waals surface area (Å²) in [6.45, 7) is 5.72. The van der Waals surface area contributed by atoms with Gasteiger partial charge in [-0.2, -0.15) is 0 Å². The summed E-state index contributed by atoms with van der Waals surface area (Å²) in [5.74, 6) is -0.639. The van der Waals surface area contributed by atoms with Crippen molar-refractivity contribution in [2.24, 2.45) is 7.05 Å². The zero-order valence-electron chi connectivity index (χ0n) is 18.1. The number of fused-ring (bicyclic) bond motifs is 1. The fourth-order valence-electron chi connectivity index (χ4n) is 3.00. The first-order chi connectivity index (χ1) is 14.6. The summed E-state index contributed by atoms with van der Waals surface area (Å²) < 4.78 is 53.1. The van der Waals surface area contributed by atoms with E-state index in [1.54, 1.807) is 24.7 Å². The van der Waals surface area contributed by atoms with Crippen LogP contribution < -0.4 is 9.47 Å². The van der Waals surface area contributed by atoms with Gasteiger partial charge >= 0.3 is 12.3 Å². The van der Waals surface area contributed by atoms with Crippen molar-refractivity contribution in [2.75, 3.05) is 14.2 Å². The van der Waals surface area contributed by atoms with Gasteiger partial charge in [-0.1, -0.05) is 13.8 Å². The molecule has 0 aliphatic rings. The molecular weight excluding hydrogens is 415 g/mol. The van der Waals surface area contributed by atoms with Gasteiger partial charge < -0.3 is 18.8 Å². The third kappa shape index (κ3) is 5.44. The minimum absolute atomic E-state index is 0.0497. The molecule has 1 aromatic carbocycles. The van der Waals surface area contributed by atoms with E-state index in [1.165, 1.54) is 26.4 Å². The SMILES string of the molecule is CC.COC(=O)Cc1cn(C)c2nc(-c3ccc(OC(F)(F)F)cc3OC)c(C)nc12. The molecule has 2 aromatic heterocycles. The highest BCUT2D eigenvalue weighted by Gasteiger charge is 2.31. The first-order valence-electron chi connectivity index (χ1n) is 9.46. The van der Waals surface area contributed by atoms with Gasteiger partial charge in [-0.25, -0.2) is 9.97 Å². The van der Waals surface area contributed by atoms with Crippen molar-refractivity contribution in [3.63, 3.8) is 0 Å². The molecule has 0 bridgehead atoms. The Morgan fingerprint density at radius 1 is 1.16 bits per heavy atom. The van der Waals surface area contributed by atoms with Crippen LogP contribution in [-0.4, -0.2) is 41.1 Å². The van der Waals surface area contributed by atoms with Crippen LogP contribution in [0.3, 0.4) is 0 Å². The van der Waals surface area contributed by atoms with E-state index in [0.29, 0.717) is 33.7 Å². The van der Waals surface area contributed by atoms with Crippen molar-refractivity contribution in [2.45, 2.75) is 33.6 Å². The lowest BCUT2D eigenvalue weighted by Crippen LogP contribution is -2.17. The summed E-state index contributed by atoms with van der Waals surface area (Å²) >= 11 is 0. The van der Waals surface area contributed by atoms with E-state index in [0.717, 1.165) is 6.07 Å². The molecule has 0 amide bonds. The van der Waals surface area contributed by atoms with E-state index < -0.39 is 18.1 Å². The molecule has 0 fully saturated rings. The molecule has 0 saturated carbocycles. The molecule has 0 N–H and O–H groups in total. The lowest BCUT2D eigenvalue weighted by atomic mass is 10.1. The Bertz CT molecular complexity index is 1080. The molecule has 10 heteroatoms. The van der Waals surface area contributed by atoms with E-state index in [-0.39, 0.29) is 12.2 Å². The van der Waals surface area contributed by atoms with Crippen LogP contribution >= 0.6 is 0 Å². The van der Waals surface area contributed by atoms with E-state index in [2.05, 4.69) is 14.7 Å². The van der Waals surface area contributed by atoms with Gasteiger partial charge in [0.05, 0.1) is 32.0 Å². The number of hydrogen-bond donors (Lipinski definition) is 0. The average Bonchev–Trinajstić information content (AvgIpc) is 3.01. The first-order valence-corrected chi connectivity index (χ1v) is 9.46. The number of carbonyl (C=O) groups excluding carboxylic acids is 1. The van der Waals surface area contributed by atoms with Crippen molar-refractivity contribution in [1.29, 1.82) is 0 Å². The van der Waals surface area contributed by atoms with Crippen molar-refractivity contribution >= 4 is 17.1 Å². The lowest BCUT2D eigenvalue weighted by molar-refractivity contribution is -0.274. The molecule has 3 rings (SSSR count). The van der Waals surface area contributed by atoms with Gasteiger partial charge in [0.15, 0.2) is 5.65 Å². The Morgan fingerprint density at radius 2 is 1.84 bits per heavy atom. The normalized spacial score (nSPS) is 11.0. The number of methoxy groups -OCH3 is 2. The van der Waals surface area contributed by atoms with Crippen molar-refractivity contribution in [3.8, 4) is 22.8 Å². The molecule has 0 spiro atoms. The highest BCUT2D eigenvalue weighted by Crippen LogP contribution is 2.36. The monoisotopic (exact) mass is 439 g/mol. The maximum Gasteiger partial charge on any atom is 0.573 e. The predicted molar refractivity (Wildman–Crippen MR) is 109 cm³/mol. The maximum absolute atomic E-state index is 12.5. The number of alkyl halides is 3. The third-order valence-corrected chi connectivity index (χ3v) is 4.26. The number of aromatic nitrogens is 3. The number of esters is 1. The standard InChI is InChI=1S/C19H18F3N3O4.C2H6/c1-10-16(13-6-5-12(8-14(13)27-3)29-19(20,21)22)24-18-17(23-10)11(9-25(18)2)7-15(26)28-4;1-2/h5-6,8-9H,7H2,1-4H3;1-2H3. The van der Waals surface area contributed by atoms with Crippen LogP contribution in [0.1, 0.15) is 25.1 Å². The summed E-state index contributed by atoms with van der Waals surface area (Å²) in [4.78, 5) is 20.8. The molecular formula is C21H24F3N3O4. The van der Waals surface area contributed by atoms with Crippen LogP contribution in [0.2, 0.25) is 0 Å². The summed E-state index contributed by atoms with van der Waals surface area (Å²) in [6, 6.07) is 3.76. The van der Waals surface area contributed by atoms with Crippen molar-refractivity contribution in [3.05, 3.63) is 35.7 Å². The molecule has 0 aliphatic carbocycles. The molecule has 0 unspecified atom stereocenters. The highest BCUT2D eigenvalue weighted by atomic mass is 19.4. The van der Waals surface area contributed by atoms with Gasteiger partial charge in [-0.05, 0) is 19.1 Å². The molecule has 2 heterocycles. The average molecular weight is 439 g/mol. The van der Waals surface area contributed by atoms with Gasteiger partial charge in [-0.15, -0.1) is 13.2 Å². The number of carbonyl (C=O) groups is 1. The fraction of sp³-hybridized carbons (Fsp3) is 0.381. The van der Waals surface area contributed by atoms with Gasteiger partial charge in [0, 0.05) is 30.4 Å². The molecule has 0 atom stereocenters. The summed E-state index contributed by atoms with van der Waals surface area (Å²) in [5, 5.41) is 0. The van der Waals surface area contributed by atoms with Crippen molar-refractivity contribution < 1.29 is 32.2 Å². The number of nitrogens with zero attached hydrogens (tertiary/aromatic N) is 3. The van der Waals surface area contributed by atoms with Crippen LogP contribution in [-0.2, 0) is 23.0 Å². The zero-order valence-corrected chi connectivity index (χ0v) is 18.1. The molecule has 168 valence electrons. The van der Waals surface area contributed by atoms with Gasteiger partial charge in [-0.3, -0.25) is 4.79 Å². The van der Waals surface area contributed by atoms with Crippen LogP contribution in [0.5, 0.6) is 11.5 Å².